The van der Waals surface area contributed by atoms with E-state index in [1.54, 1.807) is 0 Å². The van der Waals surface area contributed by atoms with E-state index in [-0.39, 0.29) is 27.1 Å². The van der Waals surface area contributed by atoms with Crippen molar-refractivity contribution >= 4 is 64.6 Å². The summed E-state index contributed by atoms with van der Waals surface area (Å²) in [7, 11) is 0. The molecule has 12 aromatic rings. The van der Waals surface area contributed by atoms with Gasteiger partial charge in [0.1, 0.15) is 0 Å². The number of benzene rings is 12. The Morgan fingerprint density at radius 1 is 0.293 bits per heavy atom. The summed E-state index contributed by atoms with van der Waals surface area (Å²) in [4.78, 5) is 0. The molecule has 0 radical (unpaired) electrons. The van der Waals surface area contributed by atoms with Gasteiger partial charge in [-0.15, -0.1) is 0 Å². The van der Waals surface area contributed by atoms with Gasteiger partial charge < -0.3 is 0 Å². The third-order valence-corrected chi connectivity index (χ3v) is 19.5. The highest BCUT2D eigenvalue weighted by Gasteiger charge is 2.42. The highest BCUT2D eigenvalue weighted by atomic mass is 14.4. The SMILES string of the molecule is Cc1c2c(c3ccc4cc(C(C)(C)C)cc5ccc1c3c54)-c1ccc(-c3ccc4c(c3)C(C)(C)c3cc(-c5ccc6c(c5)C(C)(C)c5c(C)c7ccc8cc(C(C)(C)C)cc9ccc(c5-6)c7c89)ccc3-4)cc1C2(C)C. The molecule has 0 nitrogen and oxygen atoms in total. The predicted octanol–water partition coefficient (Wildman–Crippen LogP) is 20.9. The van der Waals surface area contributed by atoms with Gasteiger partial charge in [-0.3, -0.25) is 0 Å². The molecular formula is C75H66. The highest BCUT2D eigenvalue weighted by molar-refractivity contribution is 6.29. The van der Waals surface area contributed by atoms with Gasteiger partial charge in [-0.2, -0.15) is 0 Å². The highest BCUT2D eigenvalue weighted by Crippen LogP contribution is 2.59. The molecule has 3 aliphatic carbocycles. The van der Waals surface area contributed by atoms with Crippen LogP contribution in [0.25, 0.3) is 120 Å². The molecule has 0 atom stereocenters. The van der Waals surface area contributed by atoms with Crippen molar-refractivity contribution in [3.8, 4) is 55.6 Å². The third kappa shape index (κ3) is 5.74. The van der Waals surface area contributed by atoms with Gasteiger partial charge >= 0.3 is 0 Å². The Bertz CT molecular complexity index is 4230. The molecule has 75 heavy (non-hydrogen) atoms. The normalized spacial score (nSPS) is 15.9. The van der Waals surface area contributed by atoms with Gasteiger partial charge in [0.15, 0.2) is 0 Å². The second kappa shape index (κ2) is 14.1. The molecule has 0 heterocycles. The first kappa shape index (κ1) is 45.1. The van der Waals surface area contributed by atoms with Gasteiger partial charge in [-0.1, -0.05) is 204 Å². The average molecular weight is 967 g/mol. The first-order valence-electron chi connectivity index (χ1n) is 27.7. The van der Waals surface area contributed by atoms with Crippen molar-refractivity contribution in [1.82, 2.24) is 0 Å². The summed E-state index contributed by atoms with van der Waals surface area (Å²) in [5.74, 6) is 0. The lowest BCUT2D eigenvalue weighted by Crippen LogP contribution is -2.17. The Morgan fingerprint density at radius 3 is 0.907 bits per heavy atom. The summed E-state index contributed by atoms with van der Waals surface area (Å²) in [5.41, 5.74) is 27.4. The fourth-order valence-corrected chi connectivity index (χ4v) is 15.6. The molecule has 0 unspecified atom stereocenters. The topological polar surface area (TPSA) is 0 Å². The van der Waals surface area contributed by atoms with Crippen LogP contribution in [0.2, 0.25) is 0 Å². The second-order valence-electron chi connectivity index (χ2n) is 27.0. The maximum atomic E-state index is 2.53. The molecule has 0 fully saturated rings. The zero-order valence-corrected chi connectivity index (χ0v) is 46.4. The van der Waals surface area contributed by atoms with Crippen molar-refractivity contribution in [3.63, 3.8) is 0 Å². The minimum atomic E-state index is -0.169. The smallest absolute Gasteiger partial charge is 0.0162 e. The monoisotopic (exact) mass is 967 g/mol. The van der Waals surface area contributed by atoms with Crippen LogP contribution in [0, 0.1) is 13.8 Å². The Kier molecular flexibility index (Phi) is 8.52. The molecule has 0 saturated heterocycles. The quantitative estimate of drug-likeness (QED) is 0.151. The fraction of sp³-hybridized carbons (Fsp3) is 0.253. The van der Waals surface area contributed by atoms with E-state index in [0.29, 0.717) is 0 Å². The predicted molar refractivity (Wildman–Crippen MR) is 324 cm³/mol. The van der Waals surface area contributed by atoms with E-state index in [2.05, 4.69) is 243 Å². The van der Waals surface area contributed by atoms with Crippen molar-refractivity contribution in [2.45, 2.75) is 124 Å². The molecule has 15 rings (SSSR count). The van der Waals surface area contributed by atoms with Crippen LogP contribution < -0.4 is 0 Å². The van der Waals surface area contributed by atoms with Crippen molar-refractivity contribution in [1.29, 1.82) is 0 Å². The van der Waals surface area contributed by atoms with Crippen molar-refractivity contribution in [2.75, 3.05) is 0 Å². The van der Waals surface area contributed by atoms with E-state index in [4.69, 9.17) is 0 Å². The number of hydrogen-bond acceptors (Lipinski definition) is 0. The number of rotatable bonds is 2. The van der Waals surface area contributed by atoms with Crippen LogP contribution in [-0.4, -0.2) is 0 Å². The van der Waals surface area contributed by atoms with Gasteiger partial charge in [0.05, 0.1) is 0 Å². The number of hydrogen-bond donors (Lipinski definition) is 0. The molecule has 0 spiro atoms. The largest absolute Gasteiger partial charge is 0.0561 e. The van der Waals surface area contributed by atoms with Gasteiger partial charge in [0.25, 0.3) is 0 Å². The van der Waals surface area contributed by atoms with Gasteiger partial charge in [0, 0.05) is 16.2 Å². The molecular weight excluding hydrogens is 901 g/mol. The lowest BCUT2D eigenvalue weighted by molar-refractivity contribution is 0.591. The molecule has 0 saturated carbocycles. The molecule has 0 N–H and O–H groups in total. The zero-order chi connectivity index (χ0) is 51.9. The molecule has 0 heteroatoms. The van der Waals surface area contributed by atoms with Crippen LogP contribution in [0.4, 0.5) is 0 Å². The lowest BCUT2D eigenvalue weighted by Gasteiger charge is -2.26. The van der Waals surface area contributed by atoms with Crippen LogP contribution in [0.15, 0.2) is 146 Å². The van der Waals surface area contributed by atoms with Crippen LogP contribution in [0.1, 0.15) is 139 Å². The summed E-state index contributed by atoms with van der Waals surface area (Å²) in [6, 6.07) is 58.2. The Morgan fingerprint density at radius 2 is 0.587 bits per heavy atom. The van der Waals surface area contributed by atoms with Gasteiger partial charge in [0.2, 0.25) is 0 Å². The summed E-state index contributed by atoms with van der Waals surface area (Å²) >= 11 is 0. The first-order chi connectivity index (χ1) is 35.5. The number of aryl methyl sites for hydroxylation is 2. The minimum Gasteiger partial charge on any atom is -0.0561 e. The molecule has 3 aliphatic rings. The Balaban J connectivity index is 0.794. The Hall–Kier alpha value is -7.28. The van der Waals surface area contributed by atoms with E-state index in [9.17, 15) is 0 Å². The van der Waals surface area contributed by atoms with Crippen molar-refractivity contribution in [3.05, 3.63) is 201 Å². The fourth-order valence-electron chi connectivity index (χ4n) is 15.6. The third-order valence-electron chi connectivity index (χ3n) is 19.5. The molecule has 0 aromatic heterocycles. The van der Waals surface area contributed by atoms with Crippen LogP contribution >= 0.6 is 0 Å². The van der Waals surface area contributed by atoms with E-state index < -0.39 is 0 Å². The summed E-state index contributed by atoms with van der Waals surface area (Å²) in [6.07, 6.45) is 0. The molecule has 0 aliphatic heterocycles. The second-order valence-corrected chi connectivity index (χ2v) is 27.0. The summed E-state index contributed by atoms with van der Waals surface area (Å²) in [5, 5.41) is 16.6. The standard InChI is InChI=1S/C75H66/c1-39-51-23-19-45-31-49(71(3,4)5)33-47-21-29-57(65(51)63(45)47)67-55-27-17-43(37-61(55)74(11,12)69(39)67)41-15-25-53-54-26-16-42(36-60(54)73(9,10)59(53)35-41)44-18-28-56-62(38-44)75(13,14)70-40(2)52-24-20-46-32-50(72(6,7)8)34-48-22-30-58(68(56)70)66(52)64(46)48/h15-38H,1-14H3. The maximum absolute atomic E-state index is 2.53. The van der Waals surface area contributed by atoms with E-state index in [1.165, 1.54) is 176 Å². The molecule has 0 bridgehead atoms. The molecule has 366 valence electrons. The van der Waals surface area contributed by atoms with Gasteiger partial charge in [-0.25, -0.2) is 0 Å². The molecule has 12 aromatic carbocycles. The van der Waals surface area contributed by atoms with Crippen molar-refractivity contribution in [2.24, 2.45) is 0 Å². The summed E-state index contributed by atoms with van der Waals surface area (Å²) < 4.78 is 0. The van der Waals surface area contributed by atoms with Crippen LogP contribution in [0.5, 0.6) is 0 Å². The Labute approximate surface area is 443 Å². The van der Waals surface area contributed by atoms with E-state index >= 15 is 0 Å². The average Bonchev–Trinajstić information content (AvgIpc) is 3.88. The molecule has 0 amide bonds. The minimum absolute atomic E-state index is 0.0873. The maximum Gasteiger partial charge on any atom is 0.0162 e. The first-order valence-corrected chi connectivity index (χ1v) is 27.7. The summed E-state index contributed by atoms with van der Waals surface area (Å²) in [6.45, 7) is 33.4. The van der Waals surface area contributed by atoms with Crippen LogP contribution in [-0.2, 0) is 27.1 Å². The zero-order valence-electron chi connectivity index (χ0n) is 46.4. The lowest BCUT2D eigenvalue weighted by atomic mass is 9.77. The van der Waals surface area contributed by atoms with E-state index in [1.807, 2.05) is 0 Å². The van der Waals surface area contributed by atoms with E-state index in [0.717, 1.165) is 0 Å². The van der Waals surface area contributed by atoms with Crippen molar-refractivity contribution < 1.29 is 0 Å². The van der Waals surface area contributed by atoms with Gasteiger partial charge in [-0.05, 0) is 225 Å². The number of fused-ring (bicyclic) bond motifs is 11. The van der Waals surface area contributed by atoms with Crippen LogP contribution in [0.3, 0.4) is 0 Å².